The molecule has 0 radical (unpaired) electrons. The van der Waals surface area contributed by atoms with E-state index in [9.17, 15) is 9.18 Å². The number of nitrogens with one attached hydrogen (secondary N) is 1. The van der Waals surface area contributed by atoms with Gasteiger partial charge in [0.25, 0.3) is 0 Å². The van der Waals surface area contributed by atoms with Crippen molar-refractivity contribution in [2.75, 3.05) is 11.9 Å². The summed E-state index contributed by atoms with van der Waals surface area (Å²) in [5.74, 6) is -1.55. The van der Waals surface area contributed by atoms with Crippen molar-refractivity contribution in [1.29, 1.82) is 0 Å². The van der Waals surface area contributed by atoms with E-state index in [2.05, 4.69) is 10.3 Å². The van der Waals surface area contributed by atoms with Gasteiger partial charge in [-0.25, -0.2) is 9.37 Å². The molecule has 0 aliphatic rings. The first-order valence-corrected chi connectivity index (χ1v) is 8.69. The molecule has 2 aromatic carbocycles. The molecule has 3 aromatic rings. The molecule has 0 saturated heterocycles. The maximum atomic E-state index is 13.0. The summed E-state index contributed by atoms with van der Waals surface area (Å²) in [7, 11) is 0. The van der Waals surface area contributed by atoms with Crippen LogP contribution in [0.2, 0.25) is 0 Å². The lowest BCUT2D eigenvalue weighted by molar-refractivity contribution is -0.140. The maximum Gasteiger partial charge on any atom is 0.308 e. The first-order valence-electron chi connectivity index (χ1n) is 7.81. The number of aliphatic carboxylic acids is 1. The van der Waals surface area contributed by atoms with Crippen molar-refractivity contribution in [2.24, 2.45) is 5.92 Å². The lowest BCUT2D eigenvalue weighted by atomic mass is 10.0. The van der Waals surface area contributed by atoms with Crippen LogP contribution in [0.1, 0.15) is 6.92 Å². The third-order valence-corrected chi connectivity index (χ3v) is 4.64. The second-order valence-corrected chi connectivity index (χ2v) is 6.60. The molecule has 1 aromatic heterocycles. The normalized spacial score (nSPS) is 11.9. The molecular weight excluding hydrogens is 339 g/mol. The van der Waals surface area contributed by atoms with Crippen molar-refractivity contribution in [3.63, 3.8) is 0 Å². The fraction of sp³-hybridized carbons (Fsp3) is 0.158. The average molecular weight is 356 g/mol. The third-order valence-electron chi connectivity index (χ3n) is 3.84. The maximum absolute atomic E-state index is 13.0. The average Bonchev–Trinajstić information content (AvgIpc) is 3.09. The van der Waals surface area contributed by atoms with Gasteiger partial charge in [-0.3, -0.25) is 4.79 Å². The molecule has 0 fully saturated rings. The Kier molecular flexibility index (Phi) is 5.09. The molecule has 0 spiro atoms. The summed E-state index contributed by atoms with van der Waals surface area (Å²) in [6.07, 6.45) is 0. The summed E-state index contributed by atoms with van der Waals surface area (Å²) >= 11 is 1.44. The molecule has 0 amide bonds. The van der Waals surface area contributed by atoms with E-state index < -0.39 is 11.9 Å². The van der Waals surface area contributed by atoms with E-state index in [1.807, 2.05) is 29.6 Å². The molecule has 0 aliphatic heterocycles. The van der Waals surface area contributed by atoms with Gasteiger partial charge in [-0.2, -0.15) is 0 Å². The Morgan fingerprint density at radius 2 is 1.68 bits per heavy atom. The first-order chi connectivity index (χ1) is 12.0. The van der Waals surface area contributed by atoms with Crippen molar-refractivity contribution in [1.82, 2.24) is 4.98 Å². The predicted octanol–water partition coefficient (Wildman–Crippen LogP) is 4.75. The quantitative estimate of drug-likeness (QED) is 0.669. The Labute approximate surface area is 149 Å². The van der Waals surface area contributed by atoms with E-state index in [0.29, 0.717) is 11.7 Å². The van der Waals surface area contributed by atoms with Crippen molar-refractivity contribution < 1.29 is 14.3 Å². The first kappa shape index (κ1) is 17.1. The number of anilines is 1. The largest absolute Gasteiger partial charge is 0.481 e. The second kappa shape index (κ2) is 7.44. The van der Waals surface area contributed by atoms with E-state index in [1.165, 1.54) is 23.5 Å². The molecule has 6 heteroatoms. The van der Waals surface area contributed by atoms with Gasteiger partial charge < -0.3 is 10.4 Å². The number of hydrogen-bond acceptors (Lipinski definition) is 4. The lowest BCUT2D eigenvalue weighted by Gasteiger charge is -2.06. The molecule has 1 atom stereocenters. The SMILES string of the molecule is CC(CNc1nc(-c2ccc(-c3ccc(F)cc3)cc2)cs1)C(=O)O. The summed E-state index contributed by atoms with van der Waals surface area (Å²) < 4.78 is 13.0. The van der Waals surface area contributed by atoms with Crippen molar-refractivity contribution in [3.05, 3.63) is 59.7 Å². The highest BCUT2D eigenvalue weighted by atomic mass is 32.1. The number of carboxylic acids is 1. The molecule has 1 unspecified atom stereocenters. The van der Waals surface area contributed by atoms with Crippen molar-refractivity contribution >= 4 is 22.4 Å². The minimum atomic E-state index is -0.833. The van der Waals surface area contributed by atoms with E-state index in [1.54, 1.807) is 19.1 Å². The summed E-state index contributed by atoms with van der Waals surface area (Å²) in [4.78, 5) is 15.3. The van der Waals surface area contributed by atoms with Crippen LogP contribution in [0.25, 0.3) is 22.4 Å². The van der Waals surface area contributed by atoms with Gasteiger partial charge in [-0.05, 0) is 23.3 Å². The van der Waals surface area contributed by atoms with Gasteiger partial charge in [0.2, 0.25) is 0 Å². The number of rotatable bonds is 6. The smallest absolute Gasteiger partial charge is 0.308 e. The van der Waals surface area contributed by atoms with Crippen LogP contribution in [0.3, 0.4) is 0 Å². The molecule has 0 bridgehead atoms. The molecule has 0 saturated carbocycles. The van der Waals surface area contributed by atoms with Gasteiger partial charge in [-0.15, -0.1) is 11.3 Å². The van der Waals surface area contributed by atoms with E-state index in [4.69, 9.17) is 5.11 Å². The van der Waals surface area contributed by atoms with E-state index in [0.717, 1.165) is 22.4 Å². The molecule has 4 nitrogen and oxygen atoms in total. The number of aromatic nitrogens is 1. The number of carbonyl (C=O) groups is 1. The van der Waals surface area contributed by atoms with Gasteiger partial charge in [-0.1, -0.05) is 43.3 Å². The molecule has 128 valence electrons. The van der Waals surface area contributed by atoms with Gasteiger partial charge in [0.15, 0.2) is 5.13 Å². The molecule has 25 heavy (non-hydrogen) atoms. The van der Waals surface area contributed by atoms with Gasteiger partial charge in [0.1, 0.15) is 5.82 Å². The van der Waals surface area contributed by atoms with Crippen LogP contribution in [0.5, 0.6) is 0 Å². The Morgan fingerprint density at radius 3 is 2.28 bits per heavy atom. The number of carboxylic acid groups (broad SMARTS) is 1. The molecule has 2 N–H and O–H groups in total. The Morgan fingerprint density at radius 1 is 1.12 bits per heavy atom. The van der Waals surface area contributed by atoms with Crippen molar-refractivity contribution in [3.8, 4) is 22.4 Å². The van der Waals surface area contributed by atoms with Gasteiger partial charge in [0.05, 0.1) is 11.6 Å². The third kappa shape index (κ3) is 4.22. The second-order valence-electron chi connectivity index (χ2n) is 5.74. The molecule has 3 rings (SSSR count). The number of thiazole rings is 1. The van der Waals surface area contributed by atoms with Crippen LogP contribution in [-0.2, 0) is 4.79 Å². The Balaban J connectivity index is 1.70. The molecular formula is C19H17FN2O2S. The Bertz CT molecular complexity index is 860. The number of hydrogen-bond donors (Lipinski definition) is 2. The monoisotopic (exact) mass is 356 g/mol. The minimum Gasteiger partial charge on any atom is -0.481 e. The highest BCUT2D eigenvalue weighted by Crippen LogP contribution is 2.27. The number of benzene rings is 2. The summed E-state index contributed by atoms with van der Waals surface area (Å²) in [5.41, 5.74) is 3.77. The molecule has 0 aliphatic carbocycles. The standard InChI is InChI=1S/C19H17FN2O2S/c1-12(18(23)24)10-21-19-22-17(11-25-19)15-4-2-13(3-5-15)14-6-8-16(20)9-7-14/h2-9,11-12H,10H2,1H3,(H,21,22)(H,23,24). The van der Waals surface area contributed by atoms with Crippen LogP contribution in [0, 0.1) is 11.7 Å². The topological polar surface area (TPSA) is 62.2 Å². The highest BCUT2D eigenvalue weighted by Gasteiger charge is 2.11. The van der Waals surface area contributed by atoms with E-state index in [-0.39, 0.29) is 5.82 Å². The minimum absolute atomic E-state index is 0.250. The number of halogens is 1. The fourth-order valence-electron chi connectivity index (χ4n) is 2.29. The summed E-state index contributed by atoms with van der Waals surface area (Å²) in [5, 5.41) is 14.6. The fourth-order valence-corrected chi connectivity index (χ4v) is 3.02. The summed E-state index contributed by atoms with van der Waals surface area (Å²) in [6.45, 7) is 1.99. The van der Waals surface area contributed by atoms with Crippen LogP contribution < -0.4 is 5.32 Å². The van der Waals surface area contributed by atoms with Gasteiger partial charge in [0, 0.05) is 17.5 Å². The summed E-state index contributed by atoms with van der Waals surface area (Å²) in [6, 6.07) is 14.3. The molecule has 1 heterocycles. The van der Waals surface area contributed by atoms with E-state index >= 15 is 0 Å². The van der Waals surface area contributed by atoms with Crippen LogP contribution in [0.15, 0.2) is 53.9 Å². The van der Waals surface area contributed by atoms with Crippen LogP contribution in [0.4, 0.5) is 9.52 Å². The predicted molar refractivity (Wildman–Crippen MR) is 98.2 cm³/mol. The number of nitrogens with zero attached hydrogens (tertiary/aromatic N) is 1. The zero-order valence-corrected chi connectivity index (χ0v) is 14.4. The zero-order chi connectivity index (χ0) is 17.8. The van der Waals surface area contributed by atoms with Gasteiger partial charge >= 0.3 is 5.97 Å². The zero-order valence-electron chi connectivity index (χ0n) is 13.6. The van der Waals surface area contributed by atoms with Crippen LogP contribution in [-0.4, -0.2) is 22.6 Å². The Hall–Kier alpha value is -2.73. The lowest BCUT2D eigenvalue weighted by Crippen LogP contribution is -2.19. The highest BCUT2D eigenvalue weighted by molar-refractivity contribution is 7.14. The van der Waals surface area contributed by atoms with Crippen LogP contribution >= 0.6 is 11.3 Å². The van der Waals surface area contributed by atoms with Crippen molar-refractivity contribution in [2.45, 2.75) is 6.92 Å².